The van der Waals surface area contributed by atoms with Crippen molar-refractivity contribution < 1.29 is 21.9 Å². The summed E-state index contributed by atoms with van der Waals surface area (Å²) in [5.74, 6) is -3.41. The molecule has 2 aromatic rings. The number of morpholine rings is 1. The van der Waals surface area contributed by atoms with E-state index in [9.17, 15) is 17.2 Å². The third kappa shape index (κ3) is 3.88. The summed E-state index contributed by atoms with van der Waals surface area (Å²) in [7, 11) is -4.57. The lowest BCUT2D eigenvalue weighted by atomic mass is 10.2. The number of hydrogen-bond acceptors (Lipinski definition) is 5. The highest BCUT2D eigenvalue weighted by molar-refractivity contribution is 7.91. The van der Waals surface area contributed by atoms with Gasteiger partial charge in [-0.05, 0) is 44.2 Å². The van der Waals surface area contributed by atoms with Gasteiger partial charge in [-0.2, -0.15) is 13.9 Å². The fourth-order valence-corrected chi connectivity index (χ4v) is 3.79. The third-order valence-electron chi connectivity index (χ3n) is 4.38. The minimum absolute atomic E-state index is 0.0637. The van der Waals surface area contributed by atoms with Crippen LogP contribution in [0.2, 0.25) is 0 Å². The van der Waals surface area contributed by atoms with Gasteiger partial charge in [0.1, 0.15) is 0 Å². The topological polar surface area (TPSA) is 64.4 Å². The molecule has 1 aliphatic heterocycles. The summed E-state index contributed by atoms with van der Waals surface area (Å²) in [6.45, 7) is 6.33. The van der Waals surface area contributed by atoms with E-state index in [2.05, 4.69) is 10.00 Å². The van der Waals surface area contributed by atoms with Gasteiger partial charge in [-0.1, -0.05) is 0 Å². The van der Waals surface area contributed by atoms with Gasteiger partial charge in [-0.15, -0.1) is 0 Å². The highest BCUT2D eigenvalue weighted by Crippen LogP contribution is 2.24. The predicted molar refractivity (Wildman–Crippen MR) is 93.3 cm³/mol. The molecule has 0 amide bonds. The molecule has 1 unspecified atom stereocenters. The van der Waals surface area contributed by atoms with Crippen molar-refractivity contribution in [2.24, 2.45) is 0 Å². The van der Waals surface area contributed by atoms with Crippen LogP contribution in [0.3, 0.4) is 0 Å². The second-order valence-corrected chi connectivity index (χ2v) is 8.27. The van der Waals surface area contributed by atoms with E-state index in [1.54, 1.807) is 12.1 Å². The van der Waals surface area contributed by atoms with Crippen LogP contribution in [0.15, 0.2) is 35.2 Å². The number of sulfone groups is 1. The molecule has 2 heterocycles. The zero-order chi connectivity index (χ0) is 18.9. The van der Waals surface area contributed by atoms with Gasteiger partial charge in [-0.25, -0.2) is 8.42 Å². The zero-order valence-electron chi connectivity index (χ0n) is 14.6. The van der Waals surface area contributed by atoms with Gasteiger partial charge < -0.3 is 9.64 Å². The quantitative estimate of drug-likeness (QED) is 0.791. The molecule has 0 aliphatic carbocycles. The fourth-order valence-electron chi connectivity index (χ4n) is 3.07. The molecule has 142 valence electrons. The molecule has 26 heavy (non-hydrogen) atoms. The lowest BCUT2D eigenvalue weighted by Crippen LogP contribution is -2.44. The first-order chi connectivity index (χ1) is 12.3. The largest absolute Gasteiger partial charge is 0.373 e. The maximum atomic E-state index is 12.6. The smallest absolute Gasteiger partial charge is 0.341 e. The Balaban J connectivity index is 1.70. The molecule has 1 saturated heterocycles. The van der Waals surface area contributed by atoms with E-state index in [1.165, 1.54) is 12.1 Å². The molecule has 0 radical (unpaired) electrons. The number of ether oxygens (including phenoxy) is 1. The highest BCUT2D eigenvalue weighted by atomic mass is 32.2. The number of anilines is 1. The predicted octanol–water partition coefficient (Wildman–Crippen LogP) is 2.40. The Labute approximate surface area is 151 Å². The van der Waals surface area contributed by atoms with Crippen molar-refractivity contribution >= 4 is 15.5 Å². The molecule has 6 nitrogen and oxygen atoms in total. The first-order valence-electron chi connectivity index (χ1n) is 8.27. The number of halogens is 2. The summed E-state index contributed by atoms with van der Waals surface area (Å²) in [5, 5.41) is 4.44. The van der Waals surface area contributed by atoms with E-state index < -0.39 is 15.6 Å². The fraction of sp³-hybridized carbons (Fsp3) is 0.471. The van der Waals surface area contributed by atoms with Crippen LogP contribution in [0.4, 0.5) is 14.5 Å². The second kappa shape index (κ2) is 7.32. The maximum Gasteiger partial charge on any atom is 0.341 e. The Hall–Kier alpha value is -2.00. The molecule has 1 aromatic heterocycles. The molecule has 1 aliphatic rings. The normalized spacial score (nSPS) is 18.5. The van der Waals surface area contributed by atoms with E-state index in [1.807, 2.05) is 24.6 Å². The van der Waals surface area contributed by atoms with Gasteiger partial charge in [0.25, 0.3) is 0 Å². The molecule has 0 bridgehead atoms. The molecular weight excluding hydrogens is 364 g/mol. The van der Waals surface area contributed by atoms with Gasteiger partial charge in [0.15, 0.2) is 0 Å². The number of hydrogen-bond donors (Lipinski definition) is 0. The van der Waals surface area contributed by atoms with Crippen LogP contribution in [0, 0.1) is 13.8 Å². The van der Waals surface area contributed by atoms with Crippen LogP contribution in [0.1, 0.15) is 11.4 Å². The van der Waals surface area contributed by atoms with Gasteiger partial charge in [0, 0.05) is 24.5 Å². The highest BCUT2D eigenvalue weighted by Gasteiger charge is 2.27. The van der Waals surface area contributed by atoms with E-state index >= 15 is 0 Å². The molecule has 9 heteroatoms. The van der Waals surface area contributed by atoms with Crippen LogP contribution < -0.4 is 4.90 Å². The van der Waals surface area contributed by atoms with Crippen molar-refractivity contribution in [3.63, 3.8) is 0 Å². The Morgan fingerprint density at radius 3 is 2.54 bits per heavy atom. The van der Waals surface area contributed by atoms with E-state index in [-0.39, 0.29) is 11.0 Å². The number of benzene rings is 1. The van der Waals surface area contributed by atoms with E-state index in [0.29, 0.717) is 26.2 Å². The lowest BCUT2D eigenvalue weighted by Gasteiger charge is -2.34. The summed E-state index contributed by atoms with van der Waals surface area (Å²) < 4.78 is 56.0. The van der Waals surface area contributed by atoms with Crippen molar-refractivity contribution in [1.29, 1.82) is 0 Å². The summed E-state index contributed by atoms with van der Waals surface area (Å²) in [5.41, 5.74) is 2.79. The second-order valence-electron chi connectivity index (χ2n) is 6.35. The minimum atomic E-state index is -4.57. The van der Waals surface area contributed by atoms with Gasteiger partial charge in [0.2, 0.25) is 9.84 Å². The first kappa shape index (κ1) is 18.8. The minimum Gasteiger partial charge on any atom is -0.373 e. The van der Waals surface area contributed by atoms with Crippen LogP contribution >= 0.6 is 0 Å². The van der Waals surface area contributed by atoms with Crippen LogP contribution in [0.5, 0.6) is 0 Å². The van der Waals surface area contributed by atoms with Gasteiger partial charge >= 0.3 is 5.76 Å². The number of aryl methyl sites for hydroxylation is 2. The average molecular weight is 385 g/mol. The Morgan fingerprint density at radius 1 is 1.27 bits per heavy atom. The molecule has 1 fully saturated rings. The average Bonchev–Trinajstić information content (AvgIpc) is 2.92. The molecule has 0 spiro atoms. The molecule has 0 N–H and O–H groups in total. The van der Waals surface area contributed by atoms with Crippen molar-refractivity contribution in [2.45, 2.75) is 37.1 Å². The molecular formula is C17H21F2N3O3S. The molecule has 1 aromatic carbocycles. The molecule has 3 rings (SSSR count). The maximum absolute atomic E-state index is 12.6. The van der Waals surface area contributed by atoms with Crippen LogP contribution in [-0.4, -0.2) is 49.8 Å². The van der Waals surface area contributed by atoms with Crippen LogP contribution in [0.25, 0.3) is 0 Å². The summed E-state index contributed by atoms with van der Waals surface area (Å²) in [4.78, 5) is 1.68. The number of rotatable bonds is 5. The summed E-state index contributed by atoms with van der Waals surface area (Å²) >= 11 is 0. The lowest BCUT2D eigenvalue weighted by molar-refractivity contribution is 0.0270. The van der Waals surface area contributed by atoms with Crippen LogP contribution in [-0.2, 0) is 21.1 Å². The Morgan fingerprint density at radius 2 is 1.96 bits per heavy atom. The molecule has 0 saturated carbocycles. The summed E-state index contributed by atoms with van der Waals surface area (Å²) in [6.07, 6.45) is -0.0637. The van der Waals surface area contributed by atoms with Crippen molar-refractivity contribution in [3.8, 4) is 0 Å². The number of alkyl halides is 2. The number of aromatic nitrogens is 2. The van der Waals surface area contributed by atoms with Gasteiger partial charge in [0.05, 0.1) is 29.8 Å². The van der Waals surface area contributed by atoms with E-state index in [0.717, 1.165) is 17.1 Å². The van der Waals surface area contributed by atoms with Gasteiger partial charge in [-0.3, -0.25) is 4.68 Å². The Bertz CT molecular complexity index is 866. The first-order valence-corrected chi connectivity index (χ1v) is 9.82. The SMILES string of the molecule is Cc1cc(C)n(CC2CN(c3ccc(S(=O)(=O)C(F)F)cc3)CCO2)n1. The van der Waals surface area contributed by atoms with Crippen molar-refractivity contribution in [2.75, 3.05) is 24.6 Å². The molecule has 1 atom stereocenters. The van der Waals surface area contributed by atoms with E-state index in [4.69, 9.17) is 4.74 Å². The monoisotopic (exact) mass is 385 g/mol. The Kier molecular flexibility index (Phi) is 5.29. The van der Waals surface area contributed by atoms with Crippen molar-refractivity contribution in [1.82, 2.24) is 9.78 Å². The number of nitrogens with zero attached hydrogens (tertiary/aromatic N) is 3. The third-order valence-corrected chi connectivity index (χ3v) is 5.78. The summed E-state index contributed by atoms with van der Waals surface area (Å²) in [6, 6.07) is 7.56. The standard InChI is InChI=1S/C17H21F2N3O3S/c1-12-9-13(2)22(20-12)11-15-10-21(7-8-25-15)14-3-5-16(6-4-14)26(23,24)17(18)19/h3-6,9,15,17H,7-8,10-11H2,1-2H3. The zero-order valence-corrected chi connectivity index (χ0v) is 15.4. The van der Waals surface area contributed by atoms with Crippen molar-refractivity contribution in [3.05, 3.63) is 41.7 Å².